The predicted octanol–water partition coefficient (Wildman–Crippen LogP) is 2.83. The van der Waals surface area contributed by atoms with Crippen molar-refractivity contribution in [2.45, 2.75) is 20.3 Å². The van der Waals surface area contributed by atoms with Crippen molar-refractivity contribution in [1.29, 1.82) is 0 Å². The largest absolute Gasteiger partial charge is 0.300 e. The molecule has 2 rings (SSSR count). The fraction of sp³-hybridized carbons (Fsp3) is 0.727. The van der Waals surface area contributed by atoms with E-state index in [1.807, 2.05) is 6.21 Å². The third kappa shape index (κ3) is 1.07. The van der Waals surface area contributed by atoms with Crippen LogP contribution in [0.3, 0.4) is 0 Å². The van der Waals surface area contributed by atoms with Crippen molar-refractivity contribution >= 4 is 6.21 Å². The summed E-state index contributed by atoms with van der Waals surface area (Å²) in [6, 6.07) is 0. The lowest BCUT2D eigenvalue weighted by Crippen LogP contribution is -2.40. The molecule has 0 spiro atoms. The van der Waals surface area contributed by atoms with E-state index in [0.29, 0.717) is 11.8 Å². The van der Waals surface area contributed by atoms with Crippen LogP contribution in [0.5, 0.6) is 0 Å². The molecule has 0 saturated heterocycles. The Hall–Kier alpha value is -0.660. The van der Waals surface area contributed by atoms with Gasteiger partial charge in [-0.15, -0.1) is 0 Å². The lowest BCUT2D eigenvalue weighted by molar-refractivity contribution is 0.0735. The van der Waals surface area contributed by atoms with E-state index >= 15 is 0 Å². The lowest BCUT2D eigenvalue weighted by atomic mass is 9.60. The summed E-state index contributed by atoms with van der Waals surface area (Å²) in [7, 11) is 1.76. The minimum Gasteiger partial charge on any atom is -0.300 e. The zero-order chi connectivity index (χ0) is 9.64. The van der Waals surface area contributed by atoms with Gasteiger partial charge in [-0.3, -0.25) is 4.99 Å². The average molecular weight is 181 g/mol. The molecule has 0 aromatic carbocycles. The van der Waals surface area contributed by atoms with Gasteiger partial charge in [0, 0.05) is 24.6 Å². The monoisotopic (exact) mass is 181 g/mol. The summed E-state index contributed by atoms with van der Waals surface area (Å²) in [5.41, 5.74) is -0.115. The van der Waals surface area contributed by atoms with E-state index in [4.69, 9.17) is 0 Å². The van der Waals surface area contributed by atoms with Gasteiger partial charge in [0.05, 0.1) is 0 Å². The van der Waals surface area contributed by atoms with Gasteiger partial charge in [-0.2, -0.15) is 0 Å². The van der Waals surface area contributed by atoms with Crippen LogP contribution in [-0.4, -0.2) is 13.3 Å². The van der Waals surface area contributed by atoms with Crippen molar-refractivity contribution in [1.82, 2.24) is 0 Å². The summed E-state index contributed by atoms with van der Waals surface area (Å²) in [6.45, 7) is 4.21. The van der Waals surface area contributed by atoms with Gasteiger partial charge in [0.15, 0.2) is 0 Å². The summed E-state index contributed by atoms with van der Waals surface area (Å²) in [4.78, 5) is 4.03. The van der Waals surface area contributed by atoms with Crippen LogP contribution in [0, 0.1) is 23.2 Å². The summed E-state index contributed by atoms with van der Waals surface area (Å²) >= 11 is 0. The molecular formula is C11H16FN. The molecule has 1 saturated carbocycles. The van der Waals surface area contributed by atoms with E-state index < -0.39 is 0 Å². The second kappa shape index (κ2) is 2.66. The number of fused-ring (bicyclic) bond motifs is 1. The maximum absolute atomic E-state index is 13.5. The van der Waals surface area contributed by atoms with Gasteiger partial charge >= 0.3 is 0 Å². The Bertz CT molecular complexity index is 282. The Labute approximate surface area is 78.7 Å². The quantitative estimate of drug-likeness (QED) is 0.551. The second-order valence-electron chi connectivity index (χ2n) is 4.63. The Morgan fingerprint density at radius 2 is 2.38 bits per heavy atom. The third-order valence-corrected chi connectivity index (χ3v) is 3.65. The molecule has 1 fully saturated rings. The number of aliphatic imine (C=N–C) groups is 1. The highest BCUT2D eigenvalue weighted by Crippen LogP contribution is 2.58. The van der Waals surface area contributed by atoms with Gasteiger partial charge in [-0.25, -0.2) is 4.39 Å². The first-order valence-electron chi connectivity index (χ1n) is 4.90. The number of nitrogens with zero attached hydrogens (tertiary/aromatic N) is 1. The zero-order valence-electron chi connectivity index (χ0n) is 8.42. The molecule has 0 heterocycles. The zero-order valence-corrected chi connectivity index (χ0v) is 8.42. The van der Waals surface area contributed by atoms with Crippen molar-refractivity contribution in [3.05, 3.63) is 11.9 Å². The van der Waals surface area contributed by atoms with Gasteiger partial charge in [0.2, 0.25) is 0 Å². The molecule has 13 heavy (non-hydrogen) atoms. The molecule has 1 nitrogen and oxygen atoms in total. The van der Waals surface area contributed by atoms with Crippen LogP contribution >= 0.6 is 0 Å². The summed E-state index contributed by atoms with van der Waals surface area (Å²) in [5.74, 6) is 1.26. The van der Waals surface area contributed by atoms with Gasteiger partial charge < -0.3 is 0 Å². The molecule has 72 valence electrons. The minimum absolute atomic E-state index is 0.0890. The number of halogens is 1. The van der Waals surface area contributed by atoms with Crippen molar-refractivity contribution in [2.75, 3.05) is 7.05 Å². The average Bonchev–Trinajstić information content (AvgIpc) is 2.17. The lowest BCUT2D eigenvalue weighted by Gasteiger charge is -2.44. The normalized spacial score (nSPS) is 48.9. The fourth-order valence-corrected chi connectivity index (χ4v) is 2.91. The summed E-state index contributed by atoms with van der Waals surface area (Å²) < 4.78 is 13.5. The van der Waals surface area contributed by atoms with Crippen molar-refractivity contribution < 1.29 is 4.39 Å². The van der Waals surface area contributed by atoms with Crippen LogP contribution in [0.4, 0.5) is 4.39 Å². The Kier molecular flexibility index (Phi) is 1.83. The molecule has 0 amide bonds. The van der Waals surface area contributed by atoms with E-state index in [0.717, 1.165) is 6.42 Å². The molecule has 4 atom stereocenters. The Morgan fingerprint density at radius 1 is 1.69 bits per heavy atom. The Morgan fingerprint density at radius 3 is 2.85 bits per heavy atom. The smallest absolute Gasteiger partial charge is 0.101 e. The third-order valence-electron chi connectivity index (χ3n) is 3.65. The highest BCUT2D eigenvalue weighted by molar-refractivity contribution is 5.70. The Balaban J connectivity index is 2.27. The summed E-state index contributed by atoms with van der Waals surface area (Å²) in [6.07, 6.45) is 4.79. The molecule has 2 aliphatic carbocycles. The van der Waals surface area contributed by atoms with Crippen molar-refractivity contribution in [3.63, 3.8) is 0 Å². The molecule has 0 aromatic heterocycles. The topological polar surface area (TPSA) is 12.4 Å². The SMILES string of the molecule is CN=CC1(C)C=C(F)C2C(C)CC21. The molecule has 2 aliphatic rings. The fourth-order valence-electron chi connectivity index (χ4n) is 2.91. The first-order chi connectivity index (χ1) is 6.08. The highest BCUT2D eigenvalue weighted by Gasteiger charge is 2.53. The number of allylic oxidation sites excluding steroid dienone is 2. The molecular weight excluding hydrogens is 165 g/mol. The van der Waals surface area contributed by atoms with Gasteiger partial charge in [0.1, 0.15) is 5.83 Å². The number of hydrogen-bond acceptors (Lipinski definition) is 1. The van der Waals surface area contributed by atoms with E-state index in [-0.39, 0.29) is 17.2 Å². The number of hydrogen-bond donors (Lipinski definition) is 0. The summed E-state index contributed by atoms with van der Waals surface area (Å²) in [5, 5.41) is 0. The van der Waals surface area contributed by atoms with Crippen LogP contribution in [-0.2, 0) is 0 Å². The van der Waals surface area contributed by atoms with Crippen LogP contribution in [0.25, 0.3) is 0 Å². The molecule has 0 N–H and O–H groups in total. The van der Waals surface area contributed by atoms with Gasteiger partial charge in [-0.05, 0) is 24.3 Å². The minimum atomic E-state index is -0.115. The molecule has 4 unspecified atom stereocenters. The second-order valence-corrected chi connectivity index (χ2v) is 4.63. The van der Waals surface area contributed by atoms with Crippen LogP contribution in [0.1, 0.15) is 20.3 Å². The van der Waals surface area contributed by atoms with Gasteiger partial charge in [-0.1, -0.05) is 13.8 Å². The molecule has 0 aromatic rings. The molecule has 0 bridgehead atoms. The predicted molar refractivity (Wildman–Crippen MR) is 52.5 cm³/mol. The molecule has 0 aliphatic heterocycles. The highest BCUT2D eigenvalue weighted by atomic mass is 19.1. The maximum atomic E-state index is 13.5. The first kappa shape index (κ1) is 8.92. The van der Waals surface area contributed by atoms with Crippen LogP contribution in [0.2, 0.25) is 0 Å². The van der Waals surface area contributed by atoms with Crippen LogP contribution in [0.15, 0.2) is 16.9 Å². The van der Waals surface area contributed by atoms with Gasteiger partial charge in [0.25, 0.3) is 0 Å². The number of rotatable bonds is 1. The van der Waals surface area contributed by atoms with E-state index in [2.05, 4.69) is 18.8 Å². The van der Waals surface area contributed by atoms with E-state index in [1.165, 1.54) is 0 Å². The standard InChI is InChI=1S/C11H16FN/c1-7-4-8-10(7)9(12)5-11(8,2)6-13-3/h5-8,10H,4H2,1-3H3. The van der Waals surface area contributed by atoms with Crippen molar-refractivity contribution in [2.24, 2.45) is 28.2 Å². The first-order valence-corrected chi connectivity index (χ1v) is 4.90. The van der Waals surface area contributed by atoms with Crippen LogP contribution < -0.4 is 0 Å². The molecule has 2 heteroatoms. The van der Waals surface area contributed by atoms with E-state index in [9.17, 15) is 4.39 Å². The maximum Gasteiger partial charge on any atom is 0.101 e. The van der Waals surface area contributed by atoms with E-state index in [1.54, 1.807) is 13.1 Å². The van der Waals surface area contributed by atoms with Crippen molar-refractivity contribution in [3.8, 4) is 0 Å². The molecule has 0 radical (unpaired) electrons.